The summed E-state index contributed by atoms with van der Waals surface area (Å²) in [4.78, 5) is 17.6. The molecule has 0 saturated carbocycles. The molecule has 174 valence electrons. The van der Waals surface area contributed by atoms with Gasteiger partial charge in [-0.2, -0.15) is 0 Å². The van der Waals surface area contributed by atoms with Crippen LogP contribution in [-0.4, -0.2) is 18.2 Å². The number of hydrogen-bond donors (Lipinski definition) is 1. The molecule has 0 spiro atoms. The van der Waals surface area contributed by atoms with Crippen molar-refractivity contribution in [1.29, 1.82) is 0 Å². The molecule has 34 heavy (non-hydrogen) atoms. The lowest BCUT2D eigenvalue weighted by molar-refractivity contribution is -0.115. The zero-order chi connectivity index (χ0) is 24.2. The molecular weight excluding hydrogens is 491 g/mol. The number of aryl methyl sites for hydroxylation is 2. The van der Waals surface area contributed by atoms with Gasteiger partial charge in [-0.3, -0.25) is 4.79 Å². The van der Waals surface area contributed by atoms with Gasteiger partial charge in [0.25, 0.3) is 5.91 Å². The number of hydrogen-bond acceptors (Lipinski definition) is 5. The third-order valence-corrected chi connectivity index (χ3v) is 6.75. The van der Waals surface area contributed by atoms with Crippen molar-refractivity contribution >= 4 is 57.8 Å². The molecule has 1 N–H and O–H groups in total. The molecule has 8 heteroatoms. The van der Waals surface area contributed by atoms with E-state index in [0.29, 0.717) is 31.6 Å². The molecular formula is C26H22Cl2N2O3S. The molecule has 1 aliphatic heterocycles. The van der Waals surface area contributed by atoms with E-state index in [1.807, 2.05) is 43.3 Å². The first kappa shape index (κ1) is 24.2. The van der Waals surface area contributed by atoms with E-state index in [2.05, 4.69) is 17.2 Å². The summed E-state index contributed by atoms with van der Waals surface area (Å²) in [7, 11) is 1.57. The average Bonchev–Trinajstić information content (AvgIpc) is 3.14. The maximum Gasteiger partial charge on any atom is 0.264 e. The summed E-state index contributed by atoms with van der Waals surface area (Å²) in [6.45, 7) is 4.36. The quantitative estimate of drug-likeness (QED) is 0.358. The van der Waals surface area contributed by atoms with Crippen molar-refractivity contribution in [2.75, 3.05) is 7.11 Å². The first-order valence-corrected chi connectivity index (χ1v) is 12.0. The summed E-state index contributed by atoms with van der Waals surface area (Å²) in [5.74, 6) is 0.923. The normalized spacial score (nSPS) is 15.6. The number of ether oxygens (including phenoxy) is 2. The number of rotatable bonds is 6. The zero-order valence-corrected chi connectivity index (χ0v) is 21.1. The van der Waals surface area contributed by atoms with Crippen LogP contribution in [0.25, 0.3) is 6.08 Å². The van der Waals surface area contributed by atoms with Crippen LogP contribution in [-0.2, 0) is 11.4 Å². The largest absolute Gasteiger partial charge is 0.493 e. The molecule has 1 aliphatic rings. The summed E-state index contributed by atoms with van der Waals surface area (Å²) in [6, 6.07) is 16.7. The van der Waals surface area contributed by atoms with E-state index in [1.165, 1.54) is 17.3 Å². The van der Waals surface area contributed by atoms with E-state index in [1.54, 1.807) is 31.4 Å². The second kappa shape index (κ2) is 10.6. The van der Waals surface area contributed by atoms with Crippen LogP contribution < -0.4 is 14.8 Å². The molecule has 1 fully saturated rings. The standard InChI is InChI=1S/C26H22Cl2N2O3S/c1-15-4-8-20(10-16(15)2)29-26-30-25(31)24(34-26)12-17-5-9-22(23(11-17)32-3)33-14-18-6-7-19(27)13-21(18)28/h4-13H,14H2,1-3H3,(H,29,30,31)/b24-12+. The van der Waals surface area contributed by atoms with Crippen LogP contribution in [0.15, 0.2) is 64.5 Å². The number of amides is 1. The Morgan fingerprint density at radius 3 is 2.56 bits per heavy atom. The van der Waals surface area contributed by atoms with Crippen LogP contribution >= 0.6 is 35.0 Å². The maximum atomic E-state index is 12.5. The Morgan fingerprint density at radius 1 is 1.00 bits per heavy atom. The predicted octanol–water partition coefficient (Wildman–Crippen LogP) is 7.09. The molecule has 0 aromatic heterocycles. The van der Waals surface area contributed by atoms with E-state index in [9.17, 15) is 4.79 Å². The van der Waals surface area contributed by atoms with Crippen molar-refractivity contribution in [3.05, 3.63) is 91.8 Å². The number of nitrogens with zero attached hydrogens (tertiary/aromatic N) is 1. The summed E-state index contributed by atoms with van der Waals surface area (Å²) in [6.07, 6.45) is 1.80. The minimum atomic E-state index is -0.191. The van der Waals surface area contributed by atoms with Gasteiger partial charge in [0, 0.05) is 15.6 Å². The van der Waals surface area contributed by atoms with Gasteiger partial charge in [-0.1, -0.05) is 41.4 Å². The fraction of sp³-hybridized carbons (Fsp3) is 0.154. The second-order valence-electron chi connectivity index (χ2n) is 7.68. The lowest BCUT2D eigenvalue weighted by Gasteiger charge is -2.12. The number of aliphatic imine (C=N–C) groups is 1. The minimum Gasteiger partial charge on any atom is -0.493 e. The summed E-state index contributed by atoms with van der Waals surface area (Å²) >= 11 is 13.5. The van der Waals surface area contributed by atoms with Crippen LogP contribution in [0, 0.1) is 13.8 Å². The van der Waals surface area contributed by atoms with Crippen molar-refractivity contribution < 1.29 is 14.3 Å². The van der Waals surface area contributed by atoms with Crippen molar-refractivity contribution in [3.63, 3.8) is 0 Å². The molecule has 4 rings (SSSR count). The third kappa shape index (κ3) is 5.76. The second-order valence-corrected chi connectivity index (χ2v) is 9.56. The highest BCUT2D eigenvalue weighted by molar-refractivity contribution is 8.18. The average molecular weight is 513 g/mol. The SMILES string of the molecule is COc1cc(/C=C2/SC(=Nc3ccc(C)c(C)c3)NC2=O)ccc1OCc1ccc(Cl)cc1Cl. The third-order valence-electron chi connectivity index (χ3n) is 5.26. The first-order chi connectivity index (χ1) is 16.3. The van der Waals surface area contributed by atoms with Crippen LogP contribution in [0.3, 0.4) is 0 Å². The fourth-order valence-electron chi connectivity index (χ4n) is 3.23. The number of thioether (sulfide) groups is 1. The highest BCUT2D eigenvalue weighted by Gasteiger charge is 2.24. The van der Waals surface area contributed by atoms with Gasteiger partial charge >= 0.3 is 0 Å². The summed E-state index contributed by atoms with van der Waals surface area (Å²) in [5.41, 5.74) is 4.77. The number of methoxy groups -OCH3 is 1. The number of carbonyl (C=O) groups excluding carboxylic acids is 1. The van der Waals surface area contributed by atoms with Gasteiger partial charge in [0.1, 0.15) is 6.61 Å². The van der Waals surface area contributed by atoms with Gasteiger partial charge in [-0.05, 0) is 84.8 Å². The number of benzene rings is 3. The number of carbonyl (C=O) groups is 1. The van der Waals surface area contributed by atoms with E-state index in [0.717, 1.165) is 22.4 Å². The lowest BCUT2D eigenvalue weighted by Crippen LogP contribution is -2.19. The topological polar surface area (TPSA) is 59.9 Å². The van der Waals surface area contributed by atoms with Crippen molar-refractivity contribution in [3.8, 4) is 11.5 Å². The molecule has 1 saturated heterocycles. The summed E-state index contributed by atoms with van der Waals surface area (Å²) < 4.78 is 11.4. The molecule has 0 aliphatic carbocycles. The van der Waals surface area contributed by atoms with Gasteiger partial charge < -0.3 is 14.8 Å². The van der Waals surface area contributed by atoms with E-state index < -0.39 is 0 Å². The van der Waals surface area contributed by atoms with Crippen molar-refractivity contribution in [2.24, 2.45) is 4.99 Å². The van der Waals surface area contributed by atoms with Gasteiger partial charge in [0.05, 0.1) is 17.7 Å². The maximum absolute atomic E-state index is 12.5. The van der Waals surface area contributed by atoms with Gasteiger partial charge in [-0.25, -0.2) is 4.99 Å². The van der Waals surface area contributed by atoms with Gasteiger partial charge in [-0.15, -0.1) is 0 Å². The molecule has 0 unspecified atom stereocenters. The van der Waals surface area contributed by atoms with Crippen molar-refractivity contribution in [1.82, 2.24) is 5.32 Å². The Bertz CT molecular complexity index is 1320. The molecule has 1 amide bonds. The fourth-order valence-corrected chi connectivity index (χ4v) is 4.54. The van der Waals surface area contributed by atoms with Crippen LogP contribution in [0.4, 0.5) is 5.69 Å². The molecule has 0 atom stereocenters. The smallest absolute Gasteiger partial charge is 0.264 e. The Morgan fingerprint density at radius 2 is 1.82 bits per heavy atom. The molecule has 0 bridgehead atoms. The van der Waals surface area contributed by atoms with Crippen LogP contribution in [0.2, 0.25) is 10.0 Å². The van der Waals surface area contributed by atoms with Crippen LogP contribution in [0.5, 0.6) is 11.5 Å². The first-order valence-electron chi connectivity index (χ1n) is 10.4. The van der Waals surface area contributed by atoms with E-state index in [-0.39, 0.29) is 12.5 Å². The number of halogens is 2. The van der Waals surface area contributed by atoms with Crippen molar-refractivity contribution in [2.45, 2.75) is 20.5 Å². The van der Waals surface area contributed by atoms with E-state index >= 15 is 0 Å². The van der Waals surface area contributed by atoms with Crippen LogP contribution in [0.1, 0.15) is 22.3 Å². The number of nitrogens with one attached hydrogen (secondary N) is 1. The zero-order valence-electron chi connectivity index (χ0n) is 18.8. The lowest BCUT2D eigenvalue weighted by atomic mass is 10.1. The minimum absolute atomic E-state index is 0.191. The van der Waals surface area contributed by atoms with Gasteiger partial charge in [0.2, 0.25) is 0 Å². The number of amidine groups is 1. The molecule has 5 nitrogen and oxygen atoms in total. The predicted molar refractivity (Wildman–Crippen MR) is 141 cm³/mol. The summed E-state index contributed by atoms with van der Waals surface area (Å²) in [5, 5.41) is 4.48. The monoisotopic (exact) mass is 512 g/mol. The molecule has 3 aromatic carbocycles. The Labute approximate surface area is 212 Å². The highest BCUT2D eigenvalue weighted by atomic mass is 35.5. The molecule has 0 radical (unpaired) electrons. The molecule has 1 heterocycles. The highest BCUT2D eigenvalue weighted by Crippen LogP contribution is 2.33. The van der Waals surface area contributed by atoms with E-state index in [4.69, 9.17) is 32.7 Å². The van der Waals surface area contributed by atoms with Gasteiger partial charge in [0.15, 0.2) is 16.7 Å². The Kier molecular flexibility index (Phi) is 7.51. The molecule has 3 aromatic rings. The Balaban J connectivity index is 1.49. The Hall–Kier alpha value is -2.93.